The van der Waals surface area contributed by atoms with Crippen molar-refractivity contribution in [2.75, 3.05) is 0 Å². The number of rotatable bonds is 4. The van der Waals surface area contributed by atoms with Crippen LogP contribution in [0.2, 0.25) is 0 Å². The molecule has 23 heavy (non-hydrogen) atoms. The van der Waals surface area contributed by atoms with Crippen LogP contribution in [0.15, 0.2) is 48.5 Å². The second-order valence-electron chi connectivity index (χ2n) is 5.20. The molecule has 1 aromatic heterocycles. The van der Waals surface area contributed by atoms with Crippen molar-refractivity contribution in [3.05, 3.63) is 65.5 Å². The zero-order valence-corrected chi connectivity index (χ0v) is 12.7. The van der Waals surface area contributed by atoms with Crippen LogP contribution in [-0.4, -0.2) is 15.5 Å². The Morgan fingerprint density at radius 2 is 1.96 bits per heavy atom. The van der Waals surface area contributed by atoms with E-state index in [1.54, 1.807) is 24.3 Å². The summed E-state index contributed by atoms with van der Waals surface area (Å²) in [5.74, 6) is 0.460. The van der Waals surface area contributed by atoms with Crippen molar-refractivity contribution in [3.63, 3.8) is 0 Å². The van der Waals surface area contributed by atoms with Gasteiger partial charge in [0, 0.05) is 0 Å². The number of carbonyl (C=O) groups excluding carboxylic acids is 1. The number of aryl methyl sites for hydroxylation is 1. The summed E-state index contributed by atoms with van der Waals surface area (Å²) < 4.78 is 7.15. The first-order valence-corrected chi connectivity index (χ1v) is 7.24. The first-order valence-electron chi connectivity index (χ1n) is 7.24. The summed E-state index contributed by atoms with van der Waals surface area (Å²) in [6, 6.07) is 16.7. The predicted octanol–water partition coefficient (Wildman–Crippen LogP) is 2.96. The number of imidazole rings is 1. The number of hydrogen-bond acceptors (Lipinski definition) is 4. The van der Waals surface area contributed by atoms with Gasteiger partial charge in [-0.15, -0.1) is 0 Å². The second-order valence-corrected chi connectivity index (χ2v) is 5.20. The number of nitriles is 1. The largest absolute Gasteiger partial charge is 0.459 e. The van der Waals surface area contributed by atoms with Crippen LogP contribution in [0.5, 0.6) is 0 Å². The minimum absolute atomic E-state index is 0.128. The Morgan fingerprint density at radius 1 is 1.22 bits per heavy atom. The Balaban J connectivity index is 1.66. The van der Waals surface area contributed by atoms with Gasteiger partial charge < -0.3 is 9.30 Å². The molecule has 0 saturated heterocycles. The van der Waals surface area contributed by atoms with Crippen LogP contribution < -0.4 is 0 Å². The van der Waals surface area contributed by atoms with Gasteiger partial charge in [0.15, 0.2) is 0 Å². The smallest absolute Gasteiger partial charge is 0.326 e. The number of nitrogens with zero attached hydrogens (tertiary/aromatic N) is 3. The Bertz CT molecular complexity index is 889. The maximum Gasteiger partial charge on any atom is 0.326 e. The molecule has 0 bridgehead atoms. The summed E-state index contributed by atoms with van der Waals surface area (Å²) in [7, 11) is 0. The minimum Gasteiger partial charge on any atom is -0.459 e. The molecular formula is C18H15N3O2. The lowest BCUT2D eigenvalue weighted by molar-refractivity contribution is -0.145. The van der Waals surface area contributed by atoms with E-state index in [0.717, 1.165) is 22.4 Å². The number of fused-ring (bicyclic) bond motifs is 1. The maximum absolute atomic E-state index is 12.1. The Morgan fingerprint density at radius 3 is 2.70 bits per heavy atom. The van der Waals surface area contributed by atoms with Crippen LogP contribution in [-0.2, 0) is 22.7 Å². The second kappa shape index (κ2) is 6.32. The van der Waals surface area contributed by atoms with Gasteiger partial charge in [-0.1, -0.05) is 24.3 Å². The van der Waals surface area contributed by atoms with E-state index in [9.17, 15) is 4.79 Å². The standard InChI is InChI=1S/C18H15N3O2/c1-13-20-16-4-2-3-5-17(16)21(13)11-18(22)23-12-15-8-6-14(10-19)7-9-15/h2-9H,11-12H2,1H3. The van der Waals surface area contributed by atoms with Gasteiger partial charge in [0.1, 0.15) is 19.0 Å². The molecule has 0 amide bonds. The lowest BCUT2D eigenvalue weighted by Gasteiger charge is -2.08. The molecule has 2 aromatic carbocycles. The third-order valence-electron chi connectivity index (χ3n) is 3.62. The Hall–Kier alpha value is -3.13. The van der Waals surface area contributed by atoms with Gasteiger partial charge in [-0.25, -0.2) is 4.98 Å². The molecule has 0 atom stereocenters. The number of para-hydroxylation sites is 2. The fourth-order valence-electron chi connectivity index (χ4n) is 2.41. The highest BCUT2D eigenvalue weighted by atomic mass is 16.5. The van der Waals surface area contributed by atoms with Crippen molar-refractivity contribution in [1.29, 1.82) is 5.26 Å². The molecule has 5 nitrogen and oxygen atoms in total. The number of ether oxygens (including phenoxy) is 1. The Labute approximate surface area is 133 Å². The summed E-state index contributed by atoms with van der Waals surface area (Å²) in [5.41, 5.74) is 3.22. The molecule has 0 radical (unpaired) electrons. The average molecular weight is 305 g/mol. The van der Waals surface area contributed by atoms with Gasteiger partial charge in [0.05, 0.1) is 22.7 Å². The molecule has 0 aliphatic rings. The van der Waals surface area contributed by atoms with Crippen molar-refractivity contribution < 1.29 is 9.53 Å². The van der Waals surface area contributed by atoms with Gasteiger partial charge in [-0.3, -0.25) is 4.79 Å². The quantitative estimate of drug-likeness (QED) is 0.695. The SMILES string of the molecule is Cc1nc2ccccc2n1CC(=O)OCc1ccc(C#N)cc1. The van der Waals surface area contributed by atoms with Gasteiger partial charge >= 0.3 is 5.97 Å². The van der Waals surface area contributed by atoms with E-state index in [-0.39, 0.29) is 19.1 Å². The van der Waals surface area contributed by atoms with Crippen molar-refractivity contribution in [2.45, 2.75) is 20.1 Å². The summed E-state index contributed by atoms with van der Waals surface area (Å²) >= 11 is 0. The molecule has 3 rings (SSSR count). The number of carbonyl (C=O) groups is 1. The third kappa shape index (κ3) is 3.22. The molecule has 0 spiro atoms. The van der Waals surface area contributed by atoms with E-state index >= 15 is 0 Å². The van der Waals surface area contributed by atoms with E-state index < -0.39 is 0 Å². The number of benzene rings is 2. The van der Waals surface area contributed by atoms with Gasteiger partial charge in [-0.05, 0) is 36.8 Å². The molecule has 0 fully saturated rings. The van der Waals surface area contributed by atoms with Gasteiger partial charge in [0.2, 0.25) is 0 Å². The molecular weight excluding hydrogens is 290 g/mol. The monoisotopic (exact) mass is 305 g/mol. The van der Waals surface area contributed by atoms with Crippen LogP contribution in [0, 0.1) is 18.3 Å². The van der Waals surface area contributed by atoms with E-state index in [0.29, 0.717) is 5.56 Å². The molecule has 1 heterocycles. The topological polar surface area (TPSA) is 67.9 Å². The third-order valence-corrected chi connectivity index (χ3v) is 3.62. The molecule has 0 saturated carbocycles. The fraction of sp³-hybridized carbons (Fsp3) is 0.167. The average Bonchev–Trinajstić information content (AvgIpc) is 2.89. The first kappa shape index (κ1) is 14.8. The summed E-state index contributed by atoms with van der Waals surface area (Å²) in [4.78, 5) is 16.5. The molecule has 114 valence electrons. The number of esters is 1. The molecule has 0 aliphatic heterocycles. The zero-order chi connectivity index (χ0) is 16.2. The summed E-state index contributed by atoms with van der Waals surface area (Å²) in [6.07, 6.45) is 0. The zero-order valence-electron chi connectivity index (χ0n) is 12.7. The van der Waals surface area contributed by atoms with E-state index in [1.165, 1.54) is 0 Å². The first-order chi connectivity index (χ1) is 11.2. The molecule has 0 N–H and O–H groups in total. The Kier molecular flexibility index (Phi) is 4.07. The van der Waals surface area contributed by atoms with Crippen LogP contribution in [0.3, 0.4) is 0 Å². The normalized spacial score (nSPS) is 10.4. The van der Waals surface area contributed by atoms with Gasteiger partial charge in [0.25, 0.3) is 0 Å². The molecule has 0 aliphatic carbocycles. The highest BCUT2D eigenvalue weighted by Crippen LogP contribution is 2.15. The minimum atomic E-state index is -0.319. The van der Waals surface area contributed by atoms with E-state index in [2.05, 4.69) is 11.1 Å². The highest BCUT2D eigenvalue weighted by Gasteiger charge is 2.11. The van der Waals surface area contributed by atoms with Crippen molar-refractivity contribution in [1.82, 2.24) is 9.55 Å². The molecule has 5 heteroatoms. The van der Waals surface area contributed by atoms with Crippen molar-refractivity contribution in [2.24, 2.45) is 0 Å². The van der Waals surface area contributed by atoms with E-state index in [1.807, 2.05) is 35.8 Å². The fourth-order valence-corrected chi connectivity index (χ4v) is 2.41. The number of aromatic nitrogens is 2. The lowest BCUT2D eigenvalue weighted by atomic mass is 10.2. The highest BCUT2D eigenvalue weighted by molar-refractivity contribution is 5.78. The lowest BCUT2D eigenvalue weighted by Crippen LogP contribution is -2.14. The van der Waals surface area contributed by atoms with E-state index in [4.69, 9.17) is 10.00 Å². The molecule has 0 unspecified atom stereocenters. The van der Waals surface area contributed by atoms with Crippen molar-refractivity contribution in [3.8, 4) is 6.07 Å². The van der Waals surface area contributed by atoms with Crippen molar-refractivity contribution >= 4 is 17.0 Å². The maximum atomic E-state index is 12.1. The van der Waals surface area contributed by atoms with Gasteiger partial charge in [-0.2, -0.15) is 5.26 Å². The number of hydrogen-bond donors (Lipinski definition) is 0. The molecule has 3 aromatic rings. The summed E-state index contributed by atoms with van der Waals surface area (Å²) in [6.45, 7) is 2.19. The van der Waals surface area contributed by atoms with Crippen LogP contribution >= 0.6 is 0 Å². The van der Waals surface area contributed by atoms with Crippen LogP contribution in [0.4, 0.5) is 0 Å². The summed E-state index contributed by atoms with van der Waals surface area (Å²) in [5, 5.41) is 8.76. The van der Waals surface area contributed by atoms with Crippen LogP contribution in [0.1, 0.15) is 17.0 Å². The predicted molar refractivity (Wildman–Crippen MR) is 85.4 cm³/mol. The van der Waals surface area contributed by atoms with Crippen LogP contribution in [0.25, 0.3) is 11.0 Å².